The van der Waals surface area contributed by atoms with E-state index < -0.39 is 0 Å². The fourth-order valence-electron chi connectivity index (χ4n) is 1.84. The highest BCUT2D eigenvalue weighted by atomic mass is 32.1. The van der Waals surface area contributed by atoms with E-state index in [0.717, 1.165) is 17.7 Å². The summed E-state index contributed by atoms with van der Waals surface area (Å²) < 4.78 is 5.60. The van der Waals surface area contributed by atoms with Gasteiger partial charge < -0.3 is 10.1 Å². The number of hydrogen-bond donors (Lipinski definition) is 1. The predicted octanol–water partition coefficient (Wildman–Crippen LogP) is 3.18. The summed E-state index contributed by atoms with van der Waals surface area (Å²) in [7, 11) is 0. The molecule has 4 heteroatoms. The van der Waals surface area contributed by atoms with Crippen molar-refractivity contribution in [2.24, 2.45) is 0 Å². The van der Waals surface area contributed by atoms with Gasteiger partial charge in [-0.1, -0.05) is 24.3 Å². The maximum atomic E-state index is 11.7. The molecule has 1 aromatic heterocycles. The van der Waals surface area contributed by atoms with Gasteiger partial charge in [0.2, 0.25) is 5.91 Å². The van der Waals surface area contributed by atoms with Gasteiger partial charge in [0.1, 0.15) is 5.75 Å². The first kappa shape index (κ1) is 14.6. The molecule has 2 aromatic rings. The summed E-state index contributed by atoms with van der Waals surface area (Å²) in [5.41, 5.74) is 1.09. The van der Waals surface area contributed by atoms with Crippen molar-refractivity contribution in [3.63, 3.8) is 0 Å². The topological polar surface area (TPSA) is 38.3 Å². The average molecular weight is 289 g/mol. The van der Waals surface area contributed by atoms with Crippen molar-refractivity contribution in [2.75, 3.05) is 13.2 Å². The quantitative estimate of drug-likeness (QED) is 0.850. The Morgan fingerprint density at radius 1 is 1.25 bits per heavy atom. The third-order valence-electron chi connectivity index (χ3n) is 2.95. The van der Waals surface area contributed by atoms with E-state index in [4.69, 9.17) is 4.74 Å². The minimum atomic E-state index is 0.0372. The summed E-state index contributed by atoms with van der Waals surface area (Å²) in [6.07, 6.45) is 1.28. The summed E-state index contributed by atoms with van der Waals surface area (Å²) in [4.78, 5) is 13.0. The van der Waals surface area contributed by atoms with Crippen LogP contribution >= 0.6 is 11.3 Å². The van der Waals surface area contributed by atoms with E-state index in [2.05, 4.69) is 11.4 Å². The number of hydrogen-bond acceptors (Lipinski definition) is 3. The number of carbonyl (C=O) groups excluding carboxylic acids is 1. The van der Waals surface area contributed by atoms with E-state index >= 15 is 0 Å². The number of nitrogens with one attached hydrogen (secondary N) is 1. The van der Waals surface area contributed by atoms with Gasteiger partial charge in [0.15, 0.2) is 0 Å². The van der Waals surface area contributed by atoms with E-state index in [1.165, 1.54) is 4.88 Å². The van der Waals surface area contributed by atoms with Crippen LogP contribution in [0.5, 0.6) is 5.75 Å². The molecule has 1 aromatic carbocycles. The van der Waals surface area contributed by atoms with Gasteiger partial charge in [0.25, 0.3) is 0 Å². The molecule has 0 atom stereocenters. The molecule has 20 heavy (non-hydrogen) atoms. The van der Waals surface area contributed by atoms with Gasteiger partial charge in [0, 0.05) is 11.4 Å². The van der Waals surface area contributed by atoms with Gasteiger partial charge >= 0.3 is 0 Å². The molecule has 0 spiro atoms. The standard InChI is InChI=1S/C16H19NO2S/c1-13-5-2-3-7-15(13)19-11-9-16(18)17-10-8-14-6-4-12-20-14/h2-7,12H,8-11H2,1H3,(H,17,18). The Kier molecular flexibility index (Phi) is 5.62. The molecule has 0 aliphatic carbocycles. The number of benzene rings is 1. The largest absolute Gasteiger partial charge is 0.493 e. The maximum absolute atomic E-state index is 11.7. The van der Waals surface area contributed by atoms with Crippen LogP contribution in [0, 0.1) is 6.92 Å². The zero-order chi connectivity index (χ0) is 14.2. The third kappa shape index (κ3) is 4.70. The third-order valence-corrected chi connectivity index (χ3v) is 3.89. The molecule has 0 radical (unpaired) electrons. The monoisotopic (exact) mass is 289 g/mol. The molecule has 0 saturated heterocycles. The lowest BCUT2D eigenvalue weighted by molar-refractivity contribution is -0.121. The van der Waals surface area contributed by atoms with Crippen molar-refractivity contribution in [1.29, 1.82) is 0 Å². The minimum absolute atomic E-state index is 0.0372. The second-order valence-corrected chi connectivity index (χ2v) is 5.58. The number of amides is 1. The van der Waals surface area contributed by atoms with E-state index in [-0.39, 0.29) is 5.91 Å². The number of thiophene rings is 1. The van der Waals surface area contributed by atoms with Gasteiger partial charge in [-0.05, 0) is 36.4 Å². The Balaban J connectivity index is 1.62. The second-order valence-electron chi connectivity index (χ2n) is 4.54. The summed E-state index contributed by atoms with van der Waals surface area (Å²) in [5, 5.41) is 4.96. The lowest BCUT2D eigenvalue weighted by Crippen LogP contribution is -2.26. The lowest BCUT2D eigenvalue weighted by Gasteiger charge is -2.09. The van der Waals surface area contributed by atoms with Crippen molar-refractivity contribution in [2.45, 2.75) is 19.8 Å². The maximum Gasteiger partial charge on any atom is 0.223 e. The first-order valence-electron chi connectivity index (χ1n) is 6.73. The van der Waals surface area contributed by atoms with E-state index in [1.807, 2.05) is 42.6 Å². The van der Waals surface area contributed by atoms with Crippen LogP contribution in [0.25, 0.3) is 0 Å². The molecule has 0 saturated carbocycles. The Morgan fingerprint density at radius 2 is 2.10 bits per heavy atom. The van der Waals surface area contributed by atoms with Crippen LogP contribution in [0.15, 0.2) is 41.8 Å². The smallest absolute Gasteiger partial charge is 0.223 e. The van der Waals surface area contributed by atoms with Crippen molar-refractivity contribution >= 4 is 17.2 Å². The molecule has 0 unspecified atom stereocenters. The Bertz CT molecular complexity index is 537. The fraction of sp³-hybridized carbons (Fsp3) is 0.312. The van der Waals surface area contributed by atoms with Gasteiger partial charge in [-0.2, -0.15) is 0 Å². The Labute approximate surface area is 123 Å². The molecular weight excluding hydrogens is 270 g/mol. The highest BCUT2D eigenvalue weighted by Crippen LogP contribution is 2.16. The van der Waals surface area contributed by atoms with Gasteiger partial charge in [-0.15, -0.1) is 11.3 Å². The number of ether oxygens (including phenoxy) is 1. The molecule has 1 N–H and O–H groups in total. The lowest BCUT2D eigenvalue weighted by atomic mass is 10.2. The molecule has 106 valence electrons. The van der Waals surface area contributed by atoms with Crippen LogP contribution in [0.2, 0.25) is 0 Å². The minimum Gasteiger partial charge on any atom is -0.493 e. The van der Waals surface area contributed by atoms with Crippen molar-refractivity contribution in [1.82, 2.24) is 5.32 Å². The first-order valence-corrected chi connectivity index (χ1v) is 7.61. The molecule has 1 amide bonds. The highest BCUT2D eigenvalue weighted by molar-refractivity contribution is 7.09. The summed E-state index contributed by atoms with van der Waals surface area (Å²) >= 11 is 1.72. The van der Waals surface area contributed by atoms with Crippen LogP contribution < -0.4 is 10.1 Å². The van der Waals surface area contributed by atoms with Gasteiger partial charge in [-0.25, -0.2) is 0 Å². The zero-order valence-electron chi connectivity index (χ0n) is 11.6. The van der Waals surface area contributed by atoms with E-state index in [9.17, 15) is 4.79 Å². The van der Waals surface area contributed by atoms with Gasteiger partial charge in [-0.3, -0.25) is 4.79 Å². The average Bonchev–Trinajstić information content (AvgIpc) is 2.94. The summed E-state index contributed by atoms with van der Waals surface area (Å²) in [6.45, 7) is 3.09. The molecule has 2 rings (SSSR count). The Morgan fingerprint density at radius 3 is 2.85 bits per heavy atom. The fourth-order valence-corrected chi connectivity index (χ4v) is 2.55. The molecule has 0 aliphatic heterocycles. The molecular formula is C16H19NO2S. The summed E-state index contributed by atoms with van der Waals surface area (Å²) in [6, 6.07) is 11.9. The van der Waals surface area contributed by atoms with Crippen molar-refractivity contribution < 1.29 is 9.53 Å². The van der Waals surface area contributed by atoms with Crippen molar-refractivity contribution in [3.05, 3.63) is 52.2 Å². The molecule has 0 aliphatic rings. The number of aryl methyl sites for hydroxylation is 1. The zero-order valence-corrected chi connectivity index (χ0v) is 12.4. The van der Waals surface area contributed by atoms with Crippen LogP contribution in [0.4, 0.5) is 0 Å². The number of rotatable bonds is 7. The summed E-state index contributed by atoms with van der Waals surface area (Å²) in [5.74, 6) is 0.883. The van der Waals surface area contributed by atoms with Gasteiger partial charge in [0.05, 0.1) is 13.0 Å². The second kappa shape index (κ2) is 7.70. The van der Waals surface area contributed by atoms with E-state index in [1.54, 1.807) is 11.3 Å². The number of carbonyl (C=O) groups is 1. The van der Waals surface area contributed by atoms with Crippen LogP contribution in [0.1, 0.15) is 16.9 Å². The number of para-hydroxylation sites is 1. The molecule has 1 heterocycles. The normalized spacial score (nSPS) is 10.2. The SMILES string of the molecule is Cc1ccccc1OCCC(=O)NCCc1cccs1. The van der Waals surface area contributed by atoms with E-state index in [0.29, 0.717) is 19.6 Å². The predicted molar refractivity (Wildman–Crippen MR) is 82.3 cm³/mol. The molecule has 0 bridgehead atoms. The van der Waals surface area contributed by atoms with Crippen LogP contribution in [0.3, 0.4) is 0 Å². The first-order chi connectivity index (χ1) is 9.75. The van der Waals surface area contributed by atoms with Crippen molar-refractivity contribution in [3.8, 4) is 5.75 Å². The Hall–Kier alpha value is -1.81. The highest BCUT2D eigenvalue weighted by Gasteiger charge is 2.03. The van der Waals surface area contributed by atoms with Crippen LogP contribution in [-0.2, 0) is 11.2 Å². The van der Waals surface area contributed by atoms with Crippen LogP contribution in [-0.4, -0.2) is 19.1 Å². The molecule has 0 fully saturated rings. The molecule has 3 nitrogen and oxygen atoms in total.